The van der Waals surface area contributed by atoms with Crippen LogP contribution in [0, 0.1) is 0 Å². The third kappa shape index (κ3) is 4.05. The molecule has 0 bridgehead atoms. The molecule has 0 atom stereocenters. The zero-order chi connectivity index (χ0) is 20.9. The van der Waals surface area contributed by atoms with Gasteiger partial charge in [0.25, 0.3) is 11.5 Å². The van der Waals surface area contributed by atoms with E-state index in [0.717, 1.165) is 5.69 Å². The van der Waals surface area contributed by atoms with Gasteiger partial charge in [-0.1, -0.05) is 18.2 Å². The number of hydrogen-bond acceptors (Lipinski definition) is 6. The Morgan fingerprint density at radius 1 is 1.13 bits per heavy atom. The second-order valence-electron chi connectivity index (χ2n) is 6.99. The Morgan fingerprint density at radius 2 is 1.90 bits per heavy atom. The number of carbonyl (C=O) groups is 1. The molecule has 0 aliphatic carbocycles. The second kappa shape index (κ2) is 9.06. The first-order valence-electron chi connectivity index (χ1n) is 9.90. The normalized spacial score (nSPS) is 14.1. The van der Waals surface area contributed by atoms with E-state index in [-0.39, 0.29) is 11.5 Å². The molecule has 8 heteroatoms. The van der Waals surface area contributed by atoms with Gasteiger partial charge in [0.05, 0.1) is 37.3 Å². The van der Waals surface area contributed by atoms with Gasteiger partial charge in [-0.15, -0.1) is 0 Å². The van der Waals surface area contributed by atoms with Crippen molar-refractivity contribution in [1.29, 1.82) is 0 Å². The largest absolute Gasteiger partial charge is 0.383 e. The molecule has 8 nitrogen and oxygen atoms in total. The Balaban J connectivity index is 1.79. The van der Waals surface area contributed by atoms with Crippen LogP contribution in [-0.2, 0) is 16.0 Å². The summed E-state index contributed by atoms with van der Waals surface area (Å²) in [5, 5.41) is 4.55. The third-order valence-corrected chi connectivity index (χ3v) is 5.09. The maximum Gasteiger partial charge on any atom is 0.278 e. The van der Waals surface area contributed by atoms with Gasteiger partial charge in [-0.25, -0.2) is 4.68 Å². The molecule has 4 rings (SSSR count). The van der Waals surface area contributed by atoms with Crippen LogP contribution in [0.5, 0.6) is 0 Å². The van der Waals surface area contributed by atoms with Crippen LogP contribution in [0.2, 0.25) is 0 Å². The lowest BCUT2D eigenvalue weighted by atomic mass is 10.1. The number of morpholine rings is 1. The molecular weight excluding hydrogens is 384 g/mol. The molecule has 1 fully saturated rings. The van der Waals surface area contributed by atoms with E-state index in [2.05, 4.69) is 10.00 Å². The lowest BCUT2D eigenvalue weighted by Gasteiger charge is -2.28. The van der Waals surface area contributed by atoms with E-state index < -0.39 is 0 Å². The van der Waals surface area contributed by atoms with Crippen LogP contribution in [0.4, 0.5) is 5.69 Å². The van der Waals surface area contributed by atoms with E-state index in [1.807, 2.05) is 24.3 Å². The zero-order valence-corrected chi connectivity index (χ0v) is 16.9. The van der Waals surface area contributed by atoms with Crippen LogP contribution in [0.3, 0.4) is 0 Å². The molecule has 0 saturated carbocycles. The van der Waals surface area contributed by atoms with Crippen molar-refractivity contribution >= 4 is 11.6 Å². The predicted molar refractivity (Wildman–Crippen MR) is 113 cm³/mol. The molecule has 0 N–H and O–H groups in total. The number of methoxy groups -OCH3 is 1. The summed E-state index contributed by atoms with van der Waals surface area (Å²) in [4.78, 5) is 28.2. The average molecular weight is 408 g/mol. The lowest BCUT2D eigenvalue weighted by molar-refractivity contribution is 0.0945. The lowest BCUT2D eigenvalue weighted by Crippen LogP contribution is -2.36. The molecule has 1 aromatic carbocycles. The molecule has 0 spiro atoms. The van der Waals surface area contributed by atoms with E-state index in [1.165, 1.54) is 4.68 Å². The fourth-order valence-corrected chi connectivity index (χ4v) is 3.49. The zero-order valence-electron chi connectivity index (χ0n) is 16.9. The Morgan fingerprint density at radius 3 is 2.63 bits per heavy atom. The molecule has 3 aromatic rings. The van der Waals surface area contributed by atoms with Gasteiger partial charge in [-0.2, -0.15) is 5.10 Å². The highest BCUT2D eigenvalue weighted by molar-refractivity contribution is 5.96. The van der Waals surface area contributed by atoms with Crippen LogP contribution < -0.4 is 10.5 Å². The second-order valence-corrected chi connectivity index (χ2v) is 6.99. The van der Waals surface area contributed by atoms with Crippen molar-refractivity contribution in [3.63, 3.8) is 0 Å². The Labute approximate surface area is 174 Å². The van der Waals surface area contributed by atoms with Crippen LogP contribution in [0.25, 0.3) is 11.3 Å². The van der Waals surface area contributed by atoms with Crippen LogP contribution in [0.1, 0.15) is 10.4 Å². The van der Waals surface area contributed by atoms with Crippen molar-refractivity contribution in [1.82, 2.24) is 14.3 Å². The average Bonchev–Trinajstić information content (AvgIpc) is 3.24. The summed E-state index contributed by atoms with van der Waals surface area (Å²) in [7, 11) is 1.60. The summed E-state index contributed by atoms with van der Waals surface area (Å²) in [6.07, 6.45) is 3.44. The Kier molecular flexibility index (Phi) is 6.06. The summed E-state index contributed by atoms with van der Waals surface area (Å²) < 4.78 is 13.5. The highest BCUT2D eigenvalue weighted by atomic mass is 16.5. The SMILES string of the molecule is COCCn1cccc(-c2nn(C(=O)c3ccccc3)cc2N2CCOCC2)c1=O. The van der Waals surface area contributed by atoms with Gasteiger partial charge in [0, 0.05) is 38.5 Å². The molecule has 2 aromatic heterocycles. The topological polar surface area (TPSA) is 78.6 Å². The summed E-state index contributed by atoms with van der Waals surface area (Å²) in [5.74, 6) is -0.244. The molecule has 30 heavy (non-hydrogen) atoms. The molecule has 0 unspecified atom stereocenters. The number of benzene rings is 1. The number of anilines is 1. The smallest absolute Gasteiger partial charge is 0.278 e. The highest BCUT2D eigenvalue weighted by Gasteiger charge is 2.24. The van der Waals surface area contributed by atoms with Crippen LogP contribution >= 0.6 is 0 Å². The Bertz CT molecular complexity index is 1070. The van der Waals surface area contributed by atoms with Crippen molar-refractivity contribution in [2.75, 3.05) is 44.9 Å². The summed E-state index contributed by atoms with van der Waals surface area (Å²) in [6.45, 7) is 3.39. The van der Waals surface area contributed by atoms with Crippen molar-refractivity contribution in [2.24, 2.45) is 0 Å². The molecule has 0 amide bonds. The first-order valence-corrected chi connectivity index (χ1v) is 9.90. The molecular formula is C22H24N4O4. The fourth-order valence-electron chi connectivity index (χ4n) is 3.49. The van der Waals surface area contributed by atoms with Gasteiger partial charge in [-0.3, -0.25) is 9.59 Å². The van der Waals surface area contributed by atoms with Crippen molar-refractivity contribution in [2.45, 2.75) is 6.54 Å². The standard InChI is InChI=1S/C22H24N4O4/c1-29-13-10-25-9-5-8-18(22(25)28)20-19(24-11-14-30-15-12-24)16-26(23-20)21(27)17-6-3-2-4-7-17/h2-9,16H,10-15H2,1H3. The minimum Gasteiger partial charge on any atom is -0.383 e. The predicted octanol–water partition coefficient (Wildman–Crippen LogP) is 1.88. The van der Waals surface area contributed by atoms with Gasteiger partial charge in [-0.05, 0) is 24.3 Å². The Hall–Kier alpha value is -3.23. The quantitative estimate of drug-likeness (QED) is 0.620. The van der Waals surface area contributed by atoms with E-state index in [4.69, 9.17) is 9.47 Å². The van der Waals surface area contributed by atoms with Crippen molar-refractivity contribution in [3.05, 3.63) is 70.8 Å². The van der Waals surface area contributed by atoms with Crippen LogP contribution in [0.15, 0.2) is 59.7 Å². The minimum atomic E-state index is -0.244. The number of ether oxygens (including phenoxy) is 2. The molecule has 1 saturated heterocycles. The van der Waals surface area contributed by atoms with Crippen LogP contribution in [-0.4, -0.2) is 60.3 Å². The van der Waals surface area contributed by atoms with Gasteiger partial charge >= 0.3 is 0 Å². The number of rotatable bonds is 6. The van der Waals surface area contributed by atoms with Gasteiger partial charge < -0.3 is 18.9 Å². The molecule has 1 aliphatic heterocycles. The van der Waals surface area contributed by atoms with Gasteiger partial charge in [0.2, 0.25) is 0 Å². The number of carbonyl (C=O) groups excluding carboxylic acids is 1. The highest BCUT2D eigenvalue weighted by Crippen LogP contribution is 2.28. The van der Waals surface area contributed by atoms with E-state index >= 15 is 0 Å². The molecule has 3 heterocycles. The van der Waals surface area contributed by atoms with E-state index in [1.54, 1.807) is 42.3 Å². The fraction of sp³-hybridized carbons (Fsp3) is 0.318. The first kappa shape index (κ1) is 20.1. The number of aromatic nitrogens is 3. The maximum atomic E-state index is 13.1. The van der Waals surface area contributed by atoms with Gasteiger partial charge in [0.15, 0.2) is 0 Å². The third-order valence-electron chi connectivity index (χ3n) is 5.09. The number of nitrogens with zero attached hydrogens (tertiary/aromatic N) is 4. The molecule has 156 valence electrons. The van der Waals surface area contributed by atoms with Crippen molar-refractivity contribution < 1.29 is 14.3 Å². The summed E-state index contributed by atoms with van der Waals surface area (Å²) in [6, 6.07) is 12.5. The number of pyridine rings is 1. The number of hydrogen-bond donors (Lipinski definition) is 0. The minimum absolute atomic E-state index is 0.165. The van der Waals surface area contributed by atoms with E-state index in [9.17, 15) is 9.59 Å². The maximum absolute atomic E-state index is 13.1. The van der Waals surface area contributed by atoms with Gasteiger partial charge in [0.1, 0.15) is 5.69 Å². The molecule has 0 radical (unpaired) electrons. The summed E-state index contributed by atoms with van der Waals surface area (Å²) >= 11 is 0. The van der Waals surface area contributed by atoms with Crippen molar-refractivity contribution in [3.8, 4) is 11.3 Å². The van der Waals surface area contributed by atoms with E-state index in [0.29, 0.717) is 56.3 Å². The summed E-state index contributed by atoms with van der Waals surface area (Å²) in [5.41, 5.74) is 2.07. The monoisotopic (exact) mass is 408 g/mol. The first-order chi connectivity index (χ1) is 14.7. The molecule has 1 aliphatic rings.